The Kier molecular flexibility index (Phi) is 11.8. The lowest BCUT2D eigenvalue weighted by Gasteiger charge is -2.15. The number of rotatable bonds is 17. The first-order chi connectivity index (χ1) is 20.1. The number of nitrogens with zero attached hydrogens (tertiary/aromatic N) is 3. The third-order valence-corrected chi connectivity index (χ3v) is 6.43. The number of carbonyl (C=O) groups excluding carboxylic acids is 1. The Morgan fingerprint density at radius 2 is 1.49 bits per heavy atom. The van der Waals surface area contributed by atoms with Gasteiger partial charge in [-0.05, 0) is 37.1 Å². The second-order valence-corrected chi connectivity index (χ2v) is 9.40. The number of nitrogens with one attached hydrogen (secondary N) is 4. The molecule has 1 amide bonds. The van der Waals surface area contributed by atoms with Crippen LogP contribution in [0.25, 0.3) is 0 Å². The number of methoxy groups -OCH3 is 2. The van der Waals surface area contributed by atoms with Gasteiger partial charge in [-0.25, -0.2) is 0 Å². The quantitative estimate of drug-likeness (QED) is 0.177. The third-order valence-electron chi connectivity index (χ3n) is 6.43. The Labute approximate surface area is 240 Å². The van der Waals surface area contributed by atoms with Crippen LogP contribution in [0.4, 0.5) is 23.5 Å². The molecule has 0 bridgehead atoms. The van der Waals surface area contributed by atoms with Crippen LogP contribution in [0, 0.1) is 0 Å². The van der Waals surface area contributed by atoms with E-state index in [9.17, 15) is 4.79 Å². The summed E-state index contributed by atoms with van der Waals surface area (Å²) >= 11 is 0. The van der Waals surface area contributed by atoms with E-state index >= 15 is 0 Å². The number of hydrogen-bond donors (Lipinski definition) is 4. The van der Waals surface area contributed by atoms with Crippen molar-refractivity contribution in [1.29, 1.82) is 0 Å². The van der Waals surface area contributed by atoms with Crippen LogP contribution in [0.2, 0.25) is 0 Å². The molecule has 1 aromatic heterocycles. The van der Waals surface area contributed by atoms with Crippen molar-refractivity contribution in [3.8, 4) is 11.5 Å². The van der Waals surface area contributed by atoms with Gasteiger partial charge in [0.1, 0.15) is 0 Å². The number of amides is 1. The molecule has 12 heteroatoms. The predicted octanol–water partition coefficient (Wildman–Crippen LogP) is 3.86. The molecule has 12 nitrogen and oxygen atoms in total. The molecule has 0 saturated heterocycles. The Morgan fingerprint density at radius 3 is 2.22 bits per heavy atom. The summed E-state index contributed by atoms with van der Waals surface area (Å²) in [7, 11) is 3.19. The second kappa shape index (κ2) is 16.2. The summed E-state index contributed by atoms with van der Waals surface area (Å²) < 4.78 is 21.9. The molecule has 41 heavy (non-hydrogen) atoms. The highest BCUT2D eigenvalue weighted by atomic mass is 16.5. The van der Waals surface area contributed by atoms with E-state index < -0.39 is 0 Å². The zero-order chi connectivity index (χ0) is 28.7. The maximum absolute atomic E-state index is 12.0. The molecule has 4 rings (SSSR count). The third kappa shape index (κ3) is 9.76. The molecule has 1 saturated carbocycles. The van der Waals surface area contributed by atoms with Gasteiger partial charge in [-0.1, -0.05) is 31.0 Å². The standard InChI is InChI=1S/C29H39N7O5/c1-38-24-13-12-23(20-25(24)39-2)33-29-35-27(34-28(36-29)32-22-10-6-7-11-22)31-15-17-41-19-18-40-16-14-30-26(37)21-8-4-3-5-9-21/h3-5,8-9,12-13,20,22H,6-7,10-11,14-19H2,1-2H3,(H,30,37)(H3,31,32,33,34,35,36). The zero-order valence-corrected chi connectivity index (χ0v) is 23.7. The molecular formula is C29H39N7O5. The molecule has 2 aromatic carbocycles. The number of benzene rings is 2. The Hall–Kier alpha value is -4.16. The van der Waals surface area contributed by atoms with Gasteiger partial charge in [0.2, 0.25) is 17.8 Å². The van der Waals surface area contributed by atoms with E-state index in [2.05, 4.69) is 36.2 Å². The smallest absolute Gasteiger partial charge is 0.251 e. The van der Waals surface area contributed by atoms with Gasteiger partial charge >= 0.3 is 0 Å². The first-order valence-electron chi connectivity index (χ1n) is 13.9. The fourth-order valence-corrected chi connectivity index (χ4v) is 4.36. The van der Waals surface area contributed by atoms with Crippen molar-refractivity contribution in [2.45, 2.75) is 31.7 Å². The van der Waals surface area contributed by atoms with Gasteiger partial charge in [0, 0.05) is 36.4 Å². The van der Waals surface area contributed by atoms with E-state index in [0.29, 0.717) is 80.5 Å². The number of anilines is 4. The maximum Gasteiger partial charge on any atom is 0.251 e. The molecule has 1 heterocycles. The largest absolute Gasteiger partial charge is 0.493 e. The summed E-state index contributed by atoms with van der Waals surface area (Å²) in [5.41, 5.74) is 1.39. The first kappa shape index (κ1) is 29.8. The fourth-order valence-electron chi connectivity index (χ4n) is 4.36. The Bertz CT molecular complexity index is 1230. The molecular weight excluding hydrogens is 526 g/mol. The molecule has 1 aliphatic carbocycles. The van der Waals surface area contributed by atoms with Crippen molar-refractivity contribution in [1.82, 2.24) is 20.3 Å². The van der Waals surface area contributed by atoms with Gasteiger partial charge in [0.15, 0.2) is 11.5 Å². The fraction of sp³-hybridized carbons (Fsp3) is 0.448. The van der Waals surface area contributed by atoms with E-state index in [0.717, 1.165) is 18.5 Å². The van der Waals surface area contributed by atoms with Crippen LogP contribution in [0.15, 0.2) is 48.5 Å². The molecule has 0 aliphatic heterocycles. The highest BCUT2D eigenvalue weighted by Crippen LogP contribution is 2.31. The average Bonchev–Trinajstić information content (AvgIpc) is 3.51. The van der Waals surface area contributed by atoms with Crippen molar-refractivity contribution in [3.63, 3.8) is 0 Å². The monoisotopic (exact) mass is 565 g/mol. The summed E-state index contributed by atoms with van der Waals surface area (Å²) in [5, 5.41) is 12.7. The van der Waals surface area contributed by atoms with Crippen molar-refractivity contribution >= 4 is 29.4 Å². The van der Waals surface area contributed by atoms with Gasteiger partial charge in [-0.15, -0.1) is 0 Å². The Morgan fingerprint density at radius 1 is 0.805 bits per heavy atom. The predicted molar refractivity (Wildman–Crippen MR) is 157 cm³/mol. The summed E-state index contributed by atoms with van der Waals surface area (Å²) in [6.07, 6.45) is 4.60. The molecule has 3 aromatic rings. The van der Waals surface area contributed by atoms with Gasteiger partial charge < -0.3 is 40.2 Å². The highest BCUT2D eigenvalue weighted by molar-refractivity contribution is 5.94. The summed E-state index contributed by atoms with van der Waals surface area (Å²) in [6, 6.07) is 15.0. The second-order valence-electron chi connectivity index (χ2n) is 9.40. The van der Waals surface area contributed by atoms with Gasteiger partial charge in [0.25, 0.3) is 5.91 Å². The highest BCUT2D eigenvalue weighted by Gasteiger charge is 2.17. The van der Waals surface area contributed by atoms with Crippen molar-refractivity contribution < 1.29 is 23.7 Å². The van der Waals surface area contributed by atoms with Crippen LogP contribution >= 0.6 is 0 Å². The molecule has 0 radical (unpaired) electrons. The van der Waals surface area contributed by atoms with E-state index in [1.165, 1.54) is 12.8 Å². The molecule has 0 atom stereocenters. The molecule has 1 fully saturated rings. The Balaban J connectivity index is 1.20. The lowest BCUT2D eigenvalue weighted by Crippen LogP contribution is -2.27. The van der Waals surface area contributed by atoms with Gasteiger partial charge in [-0.2, -0.15) is 15.0 Å². The lowest BCUT2D eigenvalue weighted by molar-refractivity contribution is 0.0519. The van der Waals surface area contributed by atoms with Crippen molar-refractivity contribution in [3.05, 3.63) is 54.1 Å². The topological polar surface area (TPSA) is 141 Å². The summed E-state index contributed by atoms with van der Waals surface area (Å²) in [5.74, 6) is 2.50. The van der Waals surface area contributed by atoms with E-state index in [1.54, 1.807) is 26.4 Å². The van der Waals surface area contributed by atoms with Gasteiger partial charge in [-0.3, -0.25) is 4.79 Å². The van der Waals surface area contributed by atoms with Crippen LogP contribution < -0.4 is 30.7 Å². The normalized spacial score (nSPS) is 13.0. The lowest BCUT2D eigenvalue weighted by atomic mass is 10.2. The number of ether oxygens (including phenoxy) is 4. The average molecular weight is 566 g/mol. The number of aromatic nitrogens is 3. The molecule has 0 unspecified atom stereocenters. The van der Waals surface area contributed by atoms with Crippen molar-refractivity contribution in [2.75, 3.05) is 69.7 Å². The molecule has 4 N–H and O–H groups in total. The first-order valence-corrected chi connectivity index (χ1v) is 13.9. The molecule has 0 spiro atoms. The number of carbonyl (C=O) groups is 1. The van der Waals surface area contributed by atoms with Crippen molar-refractivity contribution in [2.24, 2.45) is 0 Å². The SMILES string of the molecule is COc1ccc(Nc2nc(NCCOCCOCCNC(=O)c3ccccc3)nc(NC3CCCC3)n2)cc1OC. The van der Waals surface area contributed by atoms with E-state index in [4.69, 9.17) is 18.9 Å². The molecule has 220 valence electrons. The van der Waals surface area contributed by atoms with Crippen LogP contribution in [-0.4, -0.2) is 80.6 Å². The summed E-state index contributed by atoms with van der Waals surface area (Å²) in [6.45, 7) is 2.68. The minimum absolute atomic E-state index is 0.112. The van der Waals surface area contributed by atoms with Gasteiger partial charge in [0.05, 0.1) is 40.6 Å². The number of hydrogen-bond acceptors (Lipinski definition) is 11. The minimum atomic E-state index is -0.112. The summed E-state index contributed by atoms with van der Waals surface area (Å²) in [4.78, 5) is 25.7. The van der Waals surface area contributed by atoms with E-state index in [1.807, 2.05) is 36.4 Å². The van der Waals surface area contributed by atoms with E-state index in [-0.39, 0.29) is 5.91 Å². The van der Waals surface area contributed by atoms with Crippen LogP contribution in [0.1, 0.15) is 36.0 Å². The van der Waals surface area contributed by atoms with Crippen LogP contribution in [0.3, 0.4) is 0 Å². The maximum atomic E-state index is 12.0. The van der Waals surface area contributed by atoms with Crippen LogP contribution in [-0.2, 0) is 9.47 Å². The minimum Gasteiger partial charge on any atom is -0.493 e. The zero-order valence-electron chi connectivity index (χ0n) is 23.7. The molecule has 1 aliphatic rings. The van der Waals surface area contributed by atoms with Crippen LogP contribution in [0.5, 0.6) is 11.5 Å².